The van der Waals surface area contributed by atoms with E-state index in [1.165, 1.54) is 19.2 Å². The third-order valence-corrected chi connectivity index (χ3v) is 3.63. The summed E-state index contributed by atoms with van der Waals surface area (Å²) in [4.78, 5) is 17.2. The molecule has 0 amide bonds. The highest BCUT2D eigenvalue weighted by atomic mass is 19.1. The predicted molar refractivity (Wildman–Crippen MR) is 84.1 cm³/mol. The molecule has 0 unspecified atom stereocenters. The van der Waals surface area contributed by atoms with Crippen LogP contribution in [0.4, 0.5) is 15.9 Å². The Bertz CT molecular complexity index is 824. The molecule has 0 fully saturated rings. The van der Waals surface area contributed by atoms with Gasteiger partial charge in [-0.25, -0.2) is 9.18 Å². The van der Waals surface area contributed by atoms with Crippen LogP contribution in [0.3, 0.4) is 0 Å². The zero-order chi connectivity index (χ0) is 15.7. The van der Waals surface area contributed by atoms with Gasteiger partial charge in [-0.2, -0.15) is 0 Å². The highest BCUT2D eigenvalue weighted by Gasteiger charge is 2.22. The number of anilines is 2. The second-order valence-corrected chi connectivity index (χ2v) is 4.92. The lowest BCUT2D eigenvalue weighted by Crippen LogP contribution is -2.14. The number of para-hydroxylation sites is 1. The molecule has 0 aliphatic carbocycles. The number of nitrogens with zero attached hydrogens (tertiary/aromatic N) is 1. The van der Waals surface area contributed by atoms with E-state index >= 15 is 0 Å². The van der Waals surface area contributed by atoms with E-state index in [1.54, 1.807) is 17.0 Å². The van der Waals surface area contributed by atoms with Gasteiger partial charge < -0.3 is 14.6 Å². The highest BCUT2D eigenvalue weighted by molar-refractivity contribution is 6.10. The van der Waals surface area contributed by atoms with Gasteiger partial charge in [-0.15, -0.1) is 0 Å². The molecule has 3 rings (SSSR count). The van der Waals surface area contributed by atoms with Gasteiger partial charge in [0.25, 0.3) is 0 Å². The zero-order valence-corrected chi connectivity index (χ0v) is 12.3. The fraction of sp³-hybridized carbons (Fsp3) is 0.118. The smallest absolute Gasteiger partial charge is 0.342 e. The SMILES string of the molecule is COC(=O)c1c(N(C)c2ccc(F)cc2)[nH]c2ccccc12. The van der Waals surface area contributed by atoms with Gasteiger partial charge in [0.2, 0.25) is 0 Å². The molecule has 0 aliphatic rings. The maximum atomic E-state index is 13.1. The topological polar surface area (TPSA) is 45.3 Å². The van der Waals surface area contributed by atoms with Crippen molar-refractivity contribution in [2.75, 3.05) is 19.1 Å². The van der Waals surface area contributed by atoms with E-state index in [0.29, 0.717) is 11.4 Å². The van der Waals surface area contributed by atoms with Gasteiger partial charge in [0, 0.05) is 23.6 Å². The van der Waals surface area contributed by atoms with Crippen LogP contribution in [0.25, 0.3) is 10.9 Å². The summed E-state index contributed by atoms with van der Waals surface area (Å²) >= 11 is 0. The van der Waals surface area contributed by atoms with Crippen molar-refractivity contribution in [2.45, 2.75) is 0 Å². The van der Waals surface area contributed by atoms with Crippen molar-refractivity contribution in [3.63, 3.8) is 0 Å². The molecule has 4 nitrogen and oxygen atoms in total. The van der Waals surface area contributed by atoms with Crippen LogP contribution < -0.4 is 4.90 Å². The molecular weight excluding hydrogens is 283 g/mol. The normalized spacial score (nSPS) is 10.7. The van der Waals surface area contributed by atoms with Gasteiger partial charge in [0.05, 0.1) is 7.11 Å². The number of carbonyl (C=O) groups excluding carboxylic acids is 1. The van der Waals surface area contributed by atoms with Crippen LogP contribution in [-0.2, 0) is 4.74 Å². The number of benzene rings is 2. The third kappa shape index (κ3) is 2.30. The molecule has 0 saturated carbocycles. The number of esters is 1. The minimum Gasteiger partial charge on any atom is -0.465 e. The molecule has 0 spiro atoms. The molecule has 0 saturated heterocycles. The number of aromatic amines is 1. The van der Waals surface area contributed by atoms with E-state index < -0.39 is 5.97 Å². The number of hydrogen-bond donors (Lipinski definition) is 1. The van der Waals surface area contributed by atoms with Crippen LogP contribution in [0.5, 0.6) is 0 Å². The molecule has 112 valence electrons. The van der Waals surface area contributed by atoms with Crippen LogP contribution in [0, 0.1) is 5.82 Å². The molecule has 0 aliphatic heterocycles. The standard InChI is InChI=1S/C17H15FN2O2/c1-20(12-9-7-11(18)8-10-12)16-15(17(21)22-2)13-5-3-4-6-14(13)19-16/h3-10,19H,1-2H3. The lowest BCUT2D eigenvalue weighted by Gasteiger charge is -2.19. The number of ether oxygens (including phenoxy) is 1. The van der Waals surface area contributed by atoms with E-state index in [1.807, 2.05) is 31.3 Å². The first-order valence-electron chi connectivity index (χ1n) is 6.80. The largest absolute Gasteiger partial charge is 0.465 e. The molecule has 0 radical (unpaired) electrons. The Morgan fingerprint density at radius 3 is 2.50 bits per heavy atom. The fourth-order valence-corrected chi connectivity index (χ4v) is 2.48. The molecule has 1 N–H and O–H groups in total. The number of nitrogens with one attached hydrogen (secondary N) is 1. The molecule has 2 aromatic carbocycles. The Kier molecular flexibility index (Phi) is 3.55. The first kappa shape index (κ1) is 14.1. The average molecular weight is 298 g/mol. The second-order valence-electron chi connectivity index (χ2n) is 4.92. The van der Waals surface area contributed by atoms with Crippen LogP contribution >= 0.6 is 0 Å². The van der Waals surface area contributed by atoms with Gasteiger partial charge in [0.15, 0.2) is 0 Å². The highest BCUT2D eigenvalue weighted by Crippen LogP contribution is 2.32. The van der Waals surface area contributed by atoms with Crippen molar-refractivity contribution in [2.24, 2.45) is 0 Å². The summed E-state index contributed by atoms with van der Waals surface area (Å²) in [7, 11) is 3.16. The van der Waals surface area contributed by atoms with Crippen molar-refractivity contribution in [1.29, 1.82) is 0 Å². The van der Waals surface area contributed by atoms with E-state index in [4.69, 9.17) is 4.74 Å². The number of fused-ring (bicyclic) bond motifs is 1. The summed E-state index contributed by atoms with van der Waals surface area (Å²) in [6.07, 6.45) is 0. The van der Waals surface area contributed by atoms with Gasteiger partial charge in [0.1, 0.15) is 17.2 Å². The minimum atomic E-state index is -0.415. The van der Waals surface area contributed by atoms with E-state index in [0.717, 1.165) is 16.6 Å². The summed E-state index contributed by atoms with van der Waals surface area (Å²) in [5, 5.41) is 0.790. The summed E-state index contributed by atoms with van der Waals surface area (Å²) < 4.78 is 18.0. The minimum absolute atomic E-state index is 0.304. The van der Waals surface area contributed by atoms with Crippen LogP contribution in [0.15, 0.2) is 48.5 Å². The van der Waals surface area contributed by atoms with E-state index in [-0.39, 0.29) is 5.82 Å². The molecule has 5 heteroatoms. The van der Waals surface area contributed by atoms with Crippen molar-refractivity contribution in [3.8, 4) is 0 Å². The summed E-state index contributed by atoms with van der Waals surface area (Å²) in [6.45, 7) is 0. The number of halogens is 1. The Morgan fingerprint density at radius 1 is 1.14 bits per heavy atom. The number of hydrogen-bond acceptors (Lipinski definition) is 3. The lowest BCUT2D eigenvalue weighted by molar-refractivity contribution is 0.0604. The molecule has 0 atom stereocenters. The van der Waals surface area contributed by atoms with Gasteiger partial charge in [-0.1, -0.05) is 18.2 Å². The number of rotatable bonds is 3. The number of methoxy groups -OCH3 is 1. The fourth-order valence-electron chi connectivity index (χ4n) is 2.48. The van der Waals surface area contributed by atoms with Crippen LogP contribution in [0.2, 0.25) is 0 Å². The van der Waals surface area contributed by atoms with E-state index in [9.17, 15) is 9.18 Å². The number of carbonyl (C=O) groups is 1. The Hall–Kier alpha value is -2.82. The maximum Gasteiger partial charge on any atom is 0.342 e. The Balaban J connectivity index is 2.16. The van der Waals surface area contributed by atoms with Gasteiger partial charge in [-0.05, 0) is 30.3 Å². The zero-order valence-electron chi connectivity index (χ0n) is 12.3. The number of H-pyrrole nitrogens is 1. The van der Waals surface area contributed by atoms with Crippen LogP contribution in [0.1, 0.15) is 10.4 Å². The average Bonchev–Trinajstić information content (AvgIpc) is 2.93. The van der Waals surface area contributed by atoms with Crippen molar-refractivity contribution < 1.29 is 13.9 Å². The molecule has 22 heavy (non-hydrogen) atoms. The Labute approximate surface area is 127 Å². The van der Waals surface area contributed by atoms with Gasteiger partial charge >= 0.3 is 5.97 Å². The summed E-state index contributed by atoms with van der Waals surface area (Å²) in [5.41, 5.74) is 2.06. The number of aromatic nitrogens is 1. The molecule has 3 aromatic rings. The van der Waals surface area contributed by atoms with Crippen molar-refractivity contribution in [3.05, 3.63) is 59.9 Å². The lowest BCUT2D eigenvalue weighted by atomic mass is 10.1. The first-order chi connectivity index (χ1) is 10.6. The van der Waals surface area contributed by atoms with Crippen molar-refractivity contribution >= 4 is 28.4 Å². The molecule has 1 aromatic heterocycles. The van der Waals surface area contributed by atoms with E-state index in [2.05, 4.69) is 4.98 Å². The first-order valence-corrected chi connectivity index (χ1v) is 6.80. The Morgan fingerprint density at radius 2 is 1.82 bits per heavy atom. The van der Waals surface area contributed by atoms with Crippen LogP contribution in [-0.4, -0.2) is 25.1 Å². The maximum absolute atomic E-state index is 13.1. The predicted octanol–water partition coefficient (Wildman–Crippen LogP) is 3.86. The van der Waals surface area contributed by atoms with Crippen molar-refractivity contribution in [1.82, 2.24) is 4.98 Å². The molecular formula is C17H15FN2O2. The second kappa shape index (κ2) is 5.52. The third-order valence-electron chi connectivity index (χ3n) is 3.63. The summed E-state index contributed by atoms with van der Waals surface area (Å²) in [6, 6.07) is 13.6. The quantitative estimate of drug-likeness (QED) is 0.747. The molecule has 1 heterocycles. The molecule has 0 bridgehead atoms. The summed E-state index contributed by atoms with van der Waals surface area (Å²) in [5.74, 6) is -0.108. The monoisotopic (exact) mass is 298 g/mol. The van der Waals surface area contributed by atoms with Gasteiger partial charge in [-0.3, -0.25) is 0 Å².